The van der Waals surface area contributed by atoms with E-state index in [1.54, 1.807) is 31.2 Å². The lowest BCUT2D eigenvalue weighted by Crippen LogP contribution is -2.64. The Morgan fingerprint density at radius 3 is 2.54 bits per heavy atom. The summed E-state index contributed by atoms with van der Waals surface area (Å²) in [5.74, 6) is -3.41. The molecule has 1 fully saturated rings. The number of imide groups is 1. The molecule has 0 bridgehead atoms. The minimum Gasteiger partial charge on any atom is -0.379 e. The number of hydrogen-bond donors (Lipinski definition) is 1. The summed E-state index contributed by atoms with van der Waals surface area (Å²) in [4.78, 5) is 45.8. The predicted octanol–water partition coefficient (Wildman–Crippen LogP) is 4.42. The molecule has 2 atom stereocenters. The zero-order valence-corrected chi connectivity index (χ0v) is 22.5. The van der Waals surface area contributed by atoms with Crippen molar-refractivity contribution in [1.82, 2.24) is 24.6 Å². The second-order valence-corrected chi connectivity index (χ2v) is 10.3. The van der Waals surface area contributed by atoms with Crippen LogP contribution in [0.5, 0.6) is 0 Å². The van der Waals surface area contributed by atoms with Crippen LogP contribution in [0.25, 0.3) is 6.08 Å². The molecule has 1 aromatic heterocycles. The van der Waals surface area contributed by atoms with Gasteiger partial charge in [0.1, 0.15) is 24.3 Å². The van der Waals surface area contributed by atoms with E-state index in [0.29, 0.717) is 34.8 Å². The highest BCUT2D eigenvalue weighted by Crippen LogP contribution is 2.41. The van der Waals surface area contributed by atoms with Crippen LogP contribution < -0.4 is 0 Å². The van der Waals surface area contributed by atoms with Crippen LogP contribution in [-0.4, -0.2) is 59.4 Å². The monoisotopic (exact) mass is 575 g/mol. The van der Waals surface area contributed by atoms with E-state index in [4.69, 9.17) is 11.6 Å². The van der Waals surface area contributed by atoms with Gasteiger partial charge in [0.05, 0.1) is 11.4 Å². The molecule has 0 spiro atoms. The minimum atomic E-state index is -2.46. The topological polar surface area (TPSA) is 109 Å². The molecule has 204 valence electrons. The minimum absolute atomic E-state index is 0.0143. The quantitative estimate of drug-likeness (QED) is 0.376. The molecule has 4 rings (SSSR count). The van der Waals surface area contributed by atoms with Crippen molar-refractivity contribution in [2.75, 3.05) is 6.54 Å². The Morgan fingerprint density at radius 1 is 1.23 bits per heavy atom. The number of aromatic nitrogens is 3. The van der Waals surface area contributed by atoms with Crippen molar-refractivity contribution < 1.29 is 28.3 Å². The van der Waals surface area contributed by atoms with E-state index in [9.17, 15) is 23.9 Å². The number of hydrogen-bond acceptors (Lipinski definition) is 7. The highest BCUT2D eigenvalue weighted by Gasteiger charge is 2.54. The van der Waals surface area contributed by atoms with E-state index >= 15 is 4.39 Å². The van der Waals surface area contributed by atoms with Gasteiger partial charge in [-0.15, -0.1) is 0 Å². The number of nitrogens with zero attached hydrogens (tertiary/aromatic N) is 5. The van der Waals surface area contributed by atoms with Gasteiger partial charge in [0.25, 0.3) is 11.1 Å². The van der Waals surface area contributed by atoms with E-state index in [1.165, 1.54) is 30.3 Å². The number of benzene rings is 2. The highest BCUT2D eigenvalue weighted by atomic mass is 35.5. The van der Waals surface area contributed by atoms with Gasteiger partial charge in [0, 0.05) is 30.1 Å². The van der Waals surface area contributed by atoms with Gasteiger partial charge < -0.3 is 10.0 Å². The van der Waals surface area contributed by atoms with Crippen LogP contribution in [0, 0.1) is 11.6 Å². The van der Waals surface area contributed by atoms with Crippen molar-refractivity contribution in [2.45, 2.75) is 38.6 Å². The molecule has 1 aliphatic rings. The van der Waals surface area contributed by atoms with Crippen LogP contribution in [0.2, 0.25) is 5.02 Å². The van der Waals surface area contributed by atoms with Crippen LogP contribution in [0.15, 0.2) is 60.0 Å². The Morgan fingerprint density at radius 2 is 1.95 bits per heavy atom. The summed E-state index contributed by atoms with van der Waals surface area (Å²) >= 11 is 6.55. The first-order valence-corrected chi connectivity index (χ1v) is 13.0. The largest absolute Gasteiger partial charge is 0.379 e. The van der Waals surface area contributed by atoms with E-state index in [2.05, 4.69) is 10.1 Å². The first-order valence-electron chi connectivity index (χ1n) is 11.8. The summed E-state index contributed by atoms with van der Waals surface area (Å²) < 4.78 is 30.3. The molecule has 2 heterocycles. The predicted molar refractivity (Wildman–Crippen MR) is 141 cm³/mol. The van der Waals surface area contributed by atoms with Gasteiger partial charge in [-0.1, -0.05) is 36.7 Å². The molecular formula is C26H24ClF2N5O4S. The number of aliphatic hydroxyl groups is 1. The van der Waals surface area contributed by atoms with Crippen molar-refractivity contribution in [2.24, 2.45) is 0 Å². The smallest absolute Gasteiger partial charge is 0.295 e. The number of amides is 3. The maximum absolute atomic E-state index is 15.3. The van der Waals surface area contributed by atoms with Crippen LogP contribution in [0.1, 0.15) is 31.4 Å². The fraction of sp³-hybridized carbons (Fsp3) is 0.269. The lowest BCUT2D eigenvalue weighted by molar-refractivity contribution is -0.160. The Labute approximate surface area is 232 Å². The first-order chi connectivity index (χ1) is 18.5. The van der Waals surface area contributed by atoms with E-state index in [1.807, 2.05) is 0 Å². The summed E-state index contributed by atoms with van der Waals surface area (Å²) in [6.45, 7) is 2.46. The van der Waals surface area contributed by atoms with Gasteiger partial charge in [-0.25, -0.2) is 23.3 Å². The van der Waals surface area contributed by atoms with Crippen LogP contribution >= 0.6 is 23.4 Å². The van der Waals surface area contributed by atoms with Gasteiger partial charge in [-0.05, 0) is 48.0 Å². The highest BCUT2D eigenvalue weighted by molar-refractivity contribution is 8.18. The Balaban J connectivity index is 1.91. The Kier molecular flexibility index (Phi) is 8.48. The molecule has 2 unspecified atom stereocenters. The van der Waals surface area contributed by atoms with Crippen molar-refractivity contribution in [3.63, 3.8) is 0 Å². The third-order valence-electron chi connectivity index (χ3n) is 6.09. The first kappa shape index (κ1) is 28.4. The third kappa shape index (κ3) is 5.87. The zero-order chi connectivity index (χ0) is 28.3. The number of halogens is 3. The van der Waals surface area contributed by atoms with Crippen LogP contribution in [0.3, 0.4) is 0 Å². The summed E-state index contributed by atoms with van der Waals surface area (Å²) in [6, 6.07) is 9.07. The molecule has 1 N–H and O–H groups in total. The molecule has 3 aromatic rings. The van der Waals surface area contributed by atoms with Gasteiger partial charge in [0.2, 0.25) is 5.91 Å². The van der Waals surface area contributed by atoms with Crippen molar-refractivity contribution in [3.05, 3.63) is 87.8 Å². The molecule has 1 saturated heterocycles. The van der Waals surface area contributed by atoms with Gasteiger partial charge in [0.15, 0.2) is 11.8 Å². The number of rotatable bonds is 9. The Hall–Kier alpha value is -3.61. The number of thioether (sulfide) groups is 1. The molecule has 0 radical (unpaired) electrons. The van der Waals surface area contributed by atoms with Gasteiger partial charge in [-0.2, -0.15) is 5.10 Å². The Bertz CT molecular complexity index is 1420. The lowest BCUT2D eigenvalue weighted by Gasteiger charge is -2.45. The van der Waals surface area contributed by atoms with Crippen molar-refractivity contribution in [1.29, 1.82) is 0 Å². The summed E-state index contributed by atoms with van der Waals surface area (Å²) in [6.07, 6.45) is 2.57. The zero-order valence-electron chi connectivity index (χ0n) is 20.9. The second-order valence-electron chi connectivity index (χ2n) is 8.83. The molecular weight excluding hydrogens is 552 g/mol. The fourth-order valence-electron chi connectivity index (χ4n) is 4.41. The summed E-state index contributed by atoms with van der Waals surface area (Å²) in [5, 5.41) is 16.0. The molecule has 39 heavy (non-hydrogen) atoms. The molecule has 0 saturated carbocycles. The van der Waals surface area contributed by atoms with Gasteiger partial charge >= 0.3 is 0 Å². The molecule has 9 nitrogen and oxygen atoms in total. The SMILES string of the molecule is CCCN(C(C)=O)C(N1C(=O)S/C(=C\c2ccc(Cl)cc2)C1=O)C(O)(Cn1cncn1)c1ccc(F)cc1F. The van der Waals surface area contributed by atoms with E-state index in [0.717, 1.165) is 21.9 Å². The average molecular weight is 576 g/mol. The fourth-order valence-corrected chi connectivity index (χ4v) is 5.39. The summed E-state index contributed by atoms with van der Waals surface area (Å²) in [5.41, 5.74) is -2.32. The number of carbonyl (C=O) groups is 3. The normalized spacial score (nSPS) is 17.0. The summed E-state index contributed by atoms with van der Waals surface area (Å²) in [7, 11) is 0. The second kappa shape index (κ2) is 11.6. The molecule has 2 aromatic carbocycles. The van der Waals surface area contributed by atoms with Gasteiger partial charge in [-0.3, -0.25) is 14.4 Å². The third-order valence-corrected chi connectivity index (χ3v) is 7.23. The number of carbonyl (C=O) groups excluding carboxylic acids is 3. The van der Waals surface area contributed by atoms with Crippen molar-refractivity contribution in [3.8, 4) is 0 Å². The van der Waals surface area contributed by atoms with Crippen molar-refractivity contribution >= 4 is 46.5 Å². The average Bonchev–Trinajstić information content (AvgIpc) is 3.48. The van der Waals surface area contributed by atoms with Crippen LogP contribution in [0.4, 0.5) is 13.6 Å². The lowest BCUT2D eigenvalue weighted by atomic mass is 9.87. The van der Waals surface area contributed by atoms with Crippen LogP contribution in [-0.2, 0) is 21.7 Å². The maximum Gasteiger partial charge on any atom is 0.295 e. The standard InChI is InChI=1S/C26H24ClF2N5O4S/c1-3-10-33(16(2)35)24(34-23(36)22(39-25(34)37)11-17-4-6-18(27)7-5-17)26(38,13-32-15-30-14-31-32)20-9-8-19(28)12-21(20)29/h4-9,11-12,14-15,24,38H,3,10,13H2,1-2H3/b22-11-. The molecule has 0 aliphatic carbocycles. The van der Waals surface area contributed by atoms with E-state index < -0.39 is 52.6 Å². The molecule has 13 heteroatoms. The maximum atomic E-state index is 15.3. The molecule has 3 amide bonds. The van der Waals surface area contributed by atoms with E-state index in [-0.39, 0.29) is 11.4 Å². The molecule has 1 aliphatic heterocycles.